The molecule has 0 amide bonds. The third-order valence-corrected chi connectivity index (χ3v) is 14.8. The van der Waals surface area contributed by atoms with Crippen molar-refractivity contribution in [1.82, 2.24) is 4.72 Å². The molecule has 1 N–H and O–H groups in total. The highest BCUT2D eigenvalue weighted by molar-refractivity contribution is 7.84. The second kappa shape index (κ2) is 14.8. The van der Waals surface area contributed by atoms with Crippen LogP contribution in [-0.4, -0.2) is 20.3 Å². The fourth-order valence-electron chi connectivity index (χ4n) is 7.28. The van der Waals surface area contributed by atoms with E-state index in [1.807, 2.05) is 0 Å². The van der Waals surface area contributed by atoms with E-state index in [0.29, 0.717) is 17.8 Å². The lowest BCUT2D eigenvalue weighted by Gasteiger charge is -2.41. The van der Waals surface area contributed by atoms with Crippen molar-refractivity contribution in [3.63, 3.8) is 0 Å². The number of hydrogen-bond donors (Lipinski definition) is 1. The first-order valence-corrected chi connectivity index (χ1v) is 19.8. The maximum Gasteiger partial charge on any atom is 0.0979 e. The molecule has 0 aromatic heterocycles. The Morgan fingerprint density at radius 1 is 0.714 bits per heavy atom. The van der Waals surface area contributed by atoms with Gasteiger partial charge in [-0.25, -0.2) is 8.93 Å². The number of nitrogens with one attached hydrogen (secondary N) is 1. The van der Waals surface area contributed by atoms with E-state index in [1.54, 1.807) is 5.30 Å². The Labute approximate surface area is 263 Å². The van der Waals surface area contributed by atoms with E-state index in [2.05, 4.69) is 103 Å². The van der Waals surface area contributed by atoms with Gasteiger partial charge in [-0.3, -0.25) is 0 Å². The highest BCUT2D eigenvalue weighted by atomic mass is 32.2. The van der Waals surface area contributed by atoms with Crippen LogP contribution in [0.15, 0.2) is 36.4 Å². The maximum atomic E-state index is 14.0. The summed E-state index contributed by atoms with van der Waals surface area (Å²) in [7, 11) is -1.49. The van der Waals surface area contributed by atoms with Gasteiger partial charge in [-0.15, -0.1) is 0 Å². The minimum absolute atomic E-state index is 0.0885. The molecule has 2 aromatic carbocycles. The molecule has 2 aromatic rings. The highest BCUT2D eigenvalue weighted by Gasteiger charge is 2.37. The van der Waals surface area contributed by atoms with Gasteiger partial charge >= 0.3 is 0 Å². The Kier molecular flexibility index (Phi) is 12.0. The molecule has 0 unspecified atom stereocenters. The molecule has 2 atom stereocenters. The van der Waals surface area contributed by atoms with Crippen molar-refractivity contribution >= 4 is 24.2 Å². The molecule has 234 valence electrons. The van der Waals surface area contributed by atoms with Gasteiger partial charge in [0.25, 0.3) is 0 Å². The topological polar surface area (TPSA) is 29.1 Å². The Morgan fingerprint density at radius 2 is 1.19 bits per heavy atom. The molecule has 0 radical (unpaired) electrons. The van der Waals surface area contributed by atoms with Crippen LogP contribution >= 0.6 is 7.92 Å². The van der Waals surface area contributed by atoms with Crippen LogP contribution in [0, 0.1) is 0 Å². The molecule has 4 rings (SSSR count). The molecule has 0 spiro atoms. The second-order valence-electron chi connectivity index (χ2n) is 15.1. The zero-order valence-electron chi connectivity index (χ0n) is 28.3. The van der Waals surface area contributed by atoms with Crippen LogP contribution in [0.4, 0.5) is 0 Å². The van der Waals surface area contributed by atoms with Gasteiger partial charge in [0.1, 0.15) is 0 Å². The lowest BCUT2D eigenvalue weighted by atomic mass is 9.80. The second-order valence-corrected chi connectivity index (χ2v) is 19.8. The molecule has 0 bridgehead atoms. The molecular weight excluding hydrogens is 549 g/mol. The van der Waals surface area contributed by atoms with Gasteiger partial charge in [0, 0.05) is 0 Å². The van der Waals surface area contributed by atoms with Crippen molar-refractivity contribution in [3.05, 3.63) is 64.2 Å². The number of rotatable bonds is 10. The first kappa shape index (κ1) is 33.9. The van der Waals surface area contributed by atoms with Crippen LogP contribution in [0.1, 0.15) is 178 Å². The predicted octanol–water partition coefficient (Wildman–Crippen LogP) is 11.0. The van der Waals surface area contributed by atoms with E-state index in [4.69, 9.17) is 0 Å². The standard InChI is InChI=1S/C38H60NOPS/c1-26(2)29-24-33(27(3)4)36(34(25-29)28(5)6)37(39-42(40)38(7,8)9)32-22-16-17-23-35(32)41(30-18-12-10-13-19-30)31-20-14-11-15-21-31/h16-17,22-28,30-31,37,39H,10-15,18-21H2,1-9H3/t37-,42+/m0/s1. The molecule has 0 heterocycles. The summed E-state index contributed by atoms with van der Waals surface area (Å²) >= 11 is 0. The van der Waals surface area contributed by atoms with Gasteiger partial charge in [0.15, 0.2) is 0 Å². The molecule has 42 heavy (non-hydrogen) atoms. The van der Waals surface area contributed by atoms with Crippen LogP contribution in [-0.2, 0) is 11.0 Å². The van der Waals surface area contributed by atoms with E-state index < -0.39 is 11.0 Å². The third-order valence-electron chi connectivity index (χ3n) is 9.71. The Balaban J connectivity index is 1.98. The lowest BCUT2D eigenvalue weighted by Crippen LogP contribution is -2.39. The van der Waals surface area contributed by atoms with E-state index in [-0.39, 0.29) is 18.7 Å². The van der Waals surface area contributed by atoms with Crippen LogP contribution < -0.4 is 10.0 Å². The van der Waals surface area contributed by atoms with Crippen molar-refractivity contribution in [2.45, 2.75) is 166 Å². The summed E-state index contributed by atoms with van der Waals surface area (Å²) in [4.78, 5) is 0. The Hall–Kier alpha value is -1.02. The maximum absolute atomic E-state index is 14.0. The van der Waals surface area contributed by atoms with Crippen molar-refractivity contribution in [2.24, 2.45) is 0 Å². The van der Waals surface area contributed by atoms with Gasteiger partial charge in [-0.05, 0) is 109 Å². The minimum Gasteiger partial charge on any atom is -0.242 e. The average molecular weight is 610 g/mol. The first-order chi connectivity index (χ1) is 19.9. The van der Waals surface area contributed by atoms with Crippen LogP contribution in [0.25, 0.3) is 0 Å². The summed E-state index contributed by atoms with van der Waals surface area (Å²) in [6.07, 6.45) is 13.9. The predicted molar refractivity (Wildman–Crippen MR) is 188 cm³/mol. The van der Waals surface area contributed by atoms with Crippen LogP contribution in [0.5, 0.6) is 0 Å². The fraction of sp³-hybridized carbons (Fsp3) is 0.684. The summed E-state index contributed by atoms with van der Waals surface area (Å²) in [5.74, 6) is 1.24. The first-order valence-electron chi connectivity index (χ1n) is 17.1. The lowest BCUT2D eigenvalue weighted by molar-refractivity contribution is 0.487. The molecule has 2 fully saturated rings. The Bertz CT molecular complexity index is 1140. The zero-order chi connectivity index (χ0) is 30.6. The molecular formula is C38H60NOPS. The Morgan fingerprint density at radius 3 is 1.62 bits per heavy atom. The van der Waals surface area contributed by atoms with Crippen molar-refractivity contribution in [3.8, 4) is 0 Å². The molecule has 2 aliphatic carbocycles. The summed E-state index contributed by atoms with van der Waals surface area (Å²) in [5.41, 5.74) is 8.69. The van der Waals surface area contributed by atoms with Gasteiger partial charge in [-0.1, -0.05) is 124 Å². The molecule has 0 aliphatic heterocycles. The van der Waals surface area contributed by atoms with Crippen molar-refractivity contribution in [1.29, 1.82) is 0 Å². The van der Waals surface area contributed by atoms with Gasteiger partial charge < -0.3 is 0 Å². The van der Waals surface area contributed by atoms with Crippen LogP contribution in [0.3, 0.4) is 0 Å². The minimum atomic E-state index is -1.20. The normalized spacial score (nSPS) is 19.3. The smallest absolute Gasteiger partial charge is 0.0979 e. The van der Waals surface area contributed by atoms with E-state index in [9.17, 15) is 4.21 Å². The van der Waals surface area contributed by atoms with E-state index in [1.165, 1.54) is 92.0 Å². The highest BCUT2D eigenvalue weighted by Crippen LogP contribution is 2.56. The van der Waals surface area contributed by atoms with Gasteiger partial charge in [0.2, 0.25) is 0 Å². The van der Waals surface area contributed by atoms with E-state index in [0.717, 1.165) is 11.3 Å². The summed E-state index contributed by atoms with van der Waals surface area (Å²) in [6, 6.07) is 14.3. The monoisotopic (exact) mass is 609 g/mol. The third kappa shape index (κ3) is 7.97. The zero-order valence-corrected chi connectivity index (χ0v) is 30.0. The van der Waals surface area contributed by atoms with Gasteiger partial charge in [0.05, 0.1) is 21.8 Å². The number of benzene rings is 2. The molecule has 2 aliphatic rings. The largest absolute Gasteiger partial charge is 0.242 e. The molecule has 2 saturated carbocycles. The summed E-state index contributed by atoms with van der Waals surface area (Å²) < 4.78 is 17.5. The van der Waals surface area contributed by atoms with Crippen molar-refractivity contribution in [2.75, 3.05) is 0 Å². The fourth-order valence-corrected chi connectivity index (χ4v) is 12.1. The van der Waals surface area contributed by atoms with Gasteiger partial charge in [-0.2, -0.15) is 0 Å². The van der Waals surface area contributed by atoms with Crippen LogP contribution in [0.2, 0.25) is 0 Å². The SMILES string of the molecule is CC(C)c1cc(C(C)C)c([C@@H](N[S@](=O)C(C)(C)C)c2ccccc2P(C2CCCCC2)C2CCCCC2)c(C(C)C)c1. The molecule has 0 saturated heterocycles. The average Bonchev–Trinajstić information content (AvgIpc) is 2.96. The summed E-state index contributed by atoms with van der Waals surface area (Å²) in [5, 5.41) is 1.60. The molecule has 2 nitrogen and oxygen atoms in total. The van der Waals surface area contributed by atoms with Crippen molar-refractivity contribution < 1.29 is 4.21 Å². The quantitative estimate of drug-likeness (QED) is 0.267. The molecule has 4 heteroatoms. The van der Waals surface area contributed by atoms with E-state index >= 15 is 0 Å². The summed E-state index contributed by atoms with van der Waals surface area (Å²) in [6.45, 7) is 20.3. The number of hydrogen-bond acceptors (Lipinski definition) is 1.